The van der Waals surface area contributed by atoms with E-state index in [-0.39, 0.29) is 10.8 Å². The summed E-state index contributed by atoms with van der Waals surface area (Å²) in [6, 6.07) is 100. The topological polar surface area (TPSA) is 9.86 Å². The van der Waals surface area contributed by atoms with Crippen LogP contribution in [0, 0.1) is 0 Å². The lowest BCUT2D eigenvalue weighted by Crippen LogP contribution is -2.14. The predicted octanol–water partition coefficient (Wildman–Crippen LogP) is 21.5. The van der Waals surface area contributed by atoms with Crippen molar-refractivity contribution >= 4 is 65.2 Å². The molecule has 0 saturated carbocycles. The van der Waals surface area contributed by atoms with Gasteiger partial charge in [0.1, 0.15) is 0 Å². The third-order valence-electron chi connectivity index (χ3n) is 18.9. The molecule has 2 aliphatic rings. The van der Waals surface area contributed by atoms with E-state index in [1.165, 1.54) is 154 Å². The number of benzene rings is 13. The molecule has 0 unspecified atom stereocenters. The molecule has 2 heteroatoms. The smallest absolute Gasteiger partial charge is 0.0542 e. The molecule has 0 aliphatic heterocycles. The fourth-order valence-electron chi connectivity index (χ4n) is 15.0. The molecule has 0 atom stereocenters. The highest BCUT2D eigenvalue weighted by Crippen LogP contribution is 2.52. The van der Waals surface area contributed by atoms with Gasteiger partial charge in [-0.1, -0.05) is 222 Å². The molecule has 13 aromatic carbocycles. The van der Waals surface area contributed by atoms with Crippen LogP contribution in [0.25, 0.3) is 143 Å². The summed E-state index contributed by atoms with van der Waals surface area (Å²) in [5, 5.41) is 9.96. The van der Waals surface area contributed by atoms with Crippen LogP contribution in [0.2, 0.25) is 0 Å². The molecule has 0 amide bonds. The van der Waals surface area contributed by atoms with Gasteiger partial charge < -0.3 is 9.13 Å². The van der Waals surface area contributed by atoms with E-state index >= 15 is 0 Å². The summed E-state index contributed by atoms with van der Waals surface area (Å²) in [5.41, 5.74) is 27.7. The van der Waals surface area contributed by atoms with Gasteiger partial charge in [-0.15, -0.1) is 0 Å². The van der Waals surface area contributed by atoms with Crippen LogP contribution in [0.1, 0.15) is 49.9 Å². The van der Waals surface area contributed by atoms with Crippen molar-refractivity contribution in [2.75, 3.05) is 0 Å². The van der Waals surface area contributed by atoms with E-state index < -0.39 is 0 Å². The molecule has 2 heterocycles. The first kappa shape index (κ1) is 46.9. The molecule has 0 bridgehead atoms. The fraction of sp³-hybridized carbons (Fsp3) is 0.0750. The van der Waals surface area contributed by atoms with Gasteiger partial charge in [0.05, 0.1) is 22.1 Å². The first-order valence-corrected chi connectivity index (χ1v) is 28.9. The Labute approximate surface area is 477 Å². The van der Waals surface area contributed by atoms with E-state index in [0.29, 0.717) is 0 Å². The SMILES string of the molecule is CC1(C)c2ccccc2-c2cc(-c3ccc4c(c3)c3cc(-c5ccc6c(c5)-c5ccccc5C6(C)C)ccc3n4-c3ccc4c(c3)c3ccccc3n4-c3ccc(-c4c5ccccc5c(-c5ccccc5)c5ccccc45)cc3)ccc21. The summed E-state index contributed by atoms with van der Waals surface area (Å²) in [4.78, 5) is 0. The van der Waals surface area contributed by atoms with Crippen molar-refractivity contribution in [2.45, 2.75) is 38.5 Å². The molecule has 386 valence electrons. The van der Waals surface area contributed by atoms with Gasteiger partial charge in [-0.05, 0) is 183 Å². The highest BCUT2D eigenvalue weighted by molar-refractivity contribution is 6.21. The van der Waals surface area contributed by atoms with Crippen LogP contribution in [-0.2, 0) is 10.8 Å². The second-order valence-corrected chi connectivity index (χ2v) is 24.0. The lowest BCUT2D eigenvalue weighted by atomic mass is 9.82. The lowest BCUT2D eigenvalue weighted by Gasteiger charge is -2.21. The molecule has 2 nitrogen and oxygen atoms in total. The van der Waals surface area contributed by atoms with Gasteiger partial charge in [0.2, 0.25) is 0 Å². The van der Waals surface area contributed by atoms with Crippen LogP contribution in [-0.4, -0.2) is 9.13 Å². The lowest BCUT2D eigenvalue weighted by molar-refractivity contribution is 0.660. The summed E-state index contributed by atoms with van der Waals surface area (Å²) >= 11 is 0. The van der Waals surface area contributed by atoms with Gasteiger partial charge >= 0.3 is 0 Å². The first-order valence-electron chi connectivity index (χ1n) is 28.9. The van der Waals surface area contributed by atoms with E-state index in [9.17, 15) is 0 Å². The standard InChI is InChI=1S/C80H56N2/c1-79(2)69-27-15-12-20-57(69)64-44-51(32-39-71(64)79)53-34-41-74-66(46-53)67-47-54(52-33-40-72-65(45-52)58-21-13-16-28-70(58)80(72,3)4)35-42-75(67)82(74)56-38-43-76-68(48-56)59-22-14-17-29-73(59)81(76)55-36-30-50(31-37-55)78-62-25-10-8-23-60(62)77(49-18-6-5-7-19-49)61-24-9-11-26-63(61)78/h5-48H,1-4H3. The van der Waals surface area contributed by atoms with E-state index in [0.717, 1.165) is 11.4 Å². The second kappa shape index (κ2) is 17.2. The van der Waals surface area contributed by atoms with Crippen molar-refractivity contribution in [1.29, 1.82) is 0 Å². The van der Waals surface area contributed by atoms with Crippen LogP contribution < -0.4 is 0 Å². The molecule has 2 aliphatic carbocycles. The quantitative estimate of drug-likeness (QED) is 0.147. The molecule has 2 aromatic heterocycles. The largest absolute Gasteiger partial charge is 0.309 e. The van der Waals surface area contributed by atoms with Crippen molar-refractivity contribution in [1.82, 2.24) is 9.13 Å². The normalized spacial score (nSPS) is 13.8. The maximum Gasteiger partial charge on any atom is 0.0542 e. The number of para-hydroxylation sites is 1. The molecule has 17 rings (SSSR count). The second-order valence-electron chi connectivity index (χ2n) is 24.0. The highest BCUT2D eigenvalue weighted by Gasteiger charge is 2.36. The van der Waals surface area contributed by atoms with Crippen LogP contribution >= 0.6 is 0 Å². The Bertz CT molecular complexity index is 4980. The van der Waals surface area contributed by atoms with Gasteiger partial charge in [-0.3, -0.25) is 0 Å². The molecule has 0 radical (unpaired) electrons. The third-order valence-corrected chi connectivity index (χ3v) is 18.9. The average molecular weight is 1050 g/mol. The number of rotatable bonds is 6. The van der Waals surface area contributed by atoms with Crippen LogP contribution in [0.4, 0.5) is 0 Å². The Morgan fingerprint density at radius 3 is 1.09 bits per heavy atom. The first-order chi connectivity index (χ1) is 40.2. The Morgan fingerprint density at radius 1 is 0.220 bits per heavy atom. The molecule has 15 aromatic rings. The highest BCUT2D eigenvalue weighted by atomic mass is 15.0. The zero-order valence-corrected chi connectivity index (χ0v) is 46.3. The molecule has 0 N–H and O–H groups in total. The summed E-state index contributed by atoms with van der Waals surface area (Å²) in [6.45, 7) is 9.44. The van der Waals surface area contributed by atoms with E-state index in [1.807, 2.05) is 0 Å². The number of fused-ring (bicyclic) bond motifs is 14. The molecule has 0 saturated heterocycles. The van der Waals surface area contributed by atoms with Gasteiger partial charge in [0.15, 0.2) is 0 Å². The van der Waals surface area contributed by atoms with Gasteiger partial charge in [0.25, 0.3) is 0 Å². The minimum absolute atomic E-state index is 0.0479. The van der Waals surface area contributed by atoms with Crippen molar-refractivity contribution in [3.05, 3.63) is 289 Å². The molecule has 0 spiro atoms. The Kier molecular flexibility index (Phi) is 9.85. The predicted molar refractivity (Wildman–Crippen MR) is 347 cm³/mol. The number of aromatic nitrogens is 2. The van der Waals surface area contributed by atoms with Crippen molar-refractivity contribution < 1.29 is 0 Å². The Hall–Kier alpha value is -10.0. The minimum atomic E-state index is -0.0479. The molecule has 0 fully saturated rings. The zero-order valence-electron chi connectivity index (χ0n) is 46.3. The maximum absolute atomic E-state index is 2.50. The number of hydrogen-bond acceptors (Lipinski definition) is 0. The van der Waals surface area contributed by atoms with E-state index in [2.05, 4.69) is 304 Å². The summed E-state index contributed by atoms with van der Waals surface area (Å²) in [7, 11) is 0. The van der Waals surface area contributed by atoms with E-state index in [4.69, 9.17) is 0 Å². The van der Waals surface area contributed by atoms with E-state index in [1.54, 1.807) is 0 Å². The van der Waals surface area contributed by atoms with Crippen molar-refractivity contribution in [3.8, 4) is 78.1 Å². The van der Waals surface area contributed by atoms with Crippen LogP contribution in [0.3, 0.4) is 0 Å². The molecular formula is C80H56N2. The summed E-state index contributed by atoms with van der Waals surface area (Å²) in [5.74, 6) is 0. The van der Waals surface area contributed by atoms with Gasteiger partial charge in [0, 0.05) is 43.7 Å². The minimum Gasteiger partial charge on any atom is -0.309 e. The van der Waals surface area contributed by atoms with Crippen LogP contribution in [0.15, 0.2) is 267 Å². The average Bonchev–Trinajstić information content (AvgIpc) is 3.90. The van der Waals surface area contributed by atoms with Crippen LogP contribution in [0.5, 0.6) is 0 Å². The molecular weight excluding hydrogens is 989 g/mol. The van der Waals surface area contributed by atoms with Crippen molar-refractivity contribution in [3.63, 3.8) is 0 Å². The summed E-state index contributed by atoms with van der Waals surface area (Å²) in [6.07, 6.45) is 0. The summed E-state index contributed by atoms with van der Waals surface area (Å²) < 4.78 is 4.95. The monoisotopic (exact) mass is 1040 g/mol. The number of hydrogen-bond donors (Lipinski definition) is 0. The van der Waals surface area contributed by atoms with Gasteiger partial charge in [-0.25, -0.2) is 0 Å². The van der Waals surface area contributed by atoms with Gasteiger partial charge in [-0.2, -0.15) is 0 Å². The zero-order chi connectivity index (χ0) is 54.6. The number of nitrogens with zero attached hydrogens (tertiary/aromatic N) is 2. The van der Waals surface area contributed by atoms with Crippen molar-refractivity contribution in [2.24, 2.45) is 0 Å². The molecule has 82 heavy (non-hydrogen) atoms. The fourth-order valence-corrected chi connectivity index (χ4v) is 15.0. The maximum atomic E-state index is 2.50. The Balaban J connectivity index is 0.821. The third kappa shape index (κ3) is 6.64. The Morgan fingerprint density at radius 2 is 0.561 bits per heavy atom.